The highest BCUT2D eigenvalue weighted by atomic mass is 19.1. The molecule has 1 N–H and O–H groups in total. The smallest absolute Gasteiger partial charge is 0.168 e. The zero-order chi connectivity index (χ0) is 24.6. The van der Waals surface area contributed by atoms with Crippen molar-refractivity contribution in [2.75, 3.05) is 33.9 Å². The maximum absolute atomic E-state index is 14.6. The molecule has 184 valence electrons. The minimum atomic E-state index is -0.432. The number of rotatable bonds is 5. The maximum Gasteiger partial charge on any atom is 0.168 e. The number of benzene rings is 2. The van der Waals surface area contributed by atoms with Gasteiger partial charge in [0.15, 0.2) is 17.4 Å². The molecule has 0 bridgehead atoms. The molecule has 1 aromatic heterocycles. The number of hydrogen-bond donors (Lipinski definition) is 1. The van der Waals surface area contributed by atoms with Crippen molar-refractivity contribution in [2.24, 2.45) is 0 Å². The third-order valence-electron chi connectivity index (χ3n) is 6.91. The zero-order valence-electron chi connectivity index (χ0n) is 20.5. The second-order valence-corrected chi connectivity index (χ2v) is 9.68. The van der Waals surface area contributed by atoms with E-state index in [-0.39, 0.29) is 11.2 Å². The first-order valence-electron chi connectivity index (χ1n) is 11.8. The van der Waals surface area contributed by atoms with E-state index in [4.69, 9.17) is 14.2 Å². The van der Waals surface area contributed by atoms with Crippen molar-refractivity contribution >= 4 is 5.57 Å². The van der Waals surface area contributed by atoms with E-state index in [9.17, 15) is 4.39 Å². The normalized spacial score (nSPS) is 16.3. The van der Waals surface area contributed by atoms with Crippen LogP contribution >= 0.6 is 0 Å². The Labute approximate surface area is 204 Å². The van der Waals surface area contributed by atoms with Crippen molar-refractivity contribution in [1.29, 1.82) is 0 Å². The Kier molecular flexibility index (Phi) is 6.19. The van der Waals surface area contributed by atoms with Gasteiger partial charge in [0.2, 0.25) is 0 Å². The van der Waals surface area contributed by atoms with Crippen LogP contribution in [-0.2, 0) is 12.0 Å². The summed E-state index contributed by atoms with van der Waals surface area (Å²) in [5, 5.41) is 14.5. The average Bonchev–Trinajstić information content (AvgIpc) is 3.36. The van der Waals surface area contributed by atoms with E-state index in [1.165, 1.54) is 18.7 Å². The fraction of sp³-hybridized carbons (Fsp3) is 0.423. The van der Waals surface area contributed by atoms with Gasteiger partial charge in [0, 0.05) is 42.2 Å². The Bertz CT molecular complexity index is 1250. The molecule has 0 amide bonds. The molecule has 2 aromatic carbocycles. The first kappa shape index (κ1) is 23.3. The number of ether oxygens (including phenoxy) is 3. The number of halogens is 1. The highest BCUT2D eigenvalue weighted by Crippen LogP contribution is 2.44. The van der Waals surface area contributed by atoms with Crippen LogP contribution in [-0.4, -0.2) is 59.4 Å². The predicted octanol–water partition coefficient (Wildman–Crippen LogP) is 4.12. The van der Waals surface area contributed by atoms with E-state index < -0.39 is 5.82 Å². The van der Waals surface area contributed by atoms with Crippen LogP contribution in [0.2, 0.25) is 0 Å². The monoisotopic (exact) mass is 479 g/mol. The number of aromatic nitrogens is 4. The Morgan fingerprint density at radius 3 is 2.57 bits per heavy atom. The average molecular weight is 480 g/mol. The fourth-order valence-electron chi connectivity index (χ4n) is 5.06. The molecule has 0 radical (unpaired) electrons. The van der Waals surface area contributed by atoms with Crippen LogP contribution in [0.1, 0.15) is 49.2 Å². The quantitative estimate of drug-likeness (QED) is 0.589. The molecule has 5 rings (SSSR count). The molecule has 0 aliphatic carbocycles. The van der Waals surface area contributed by atoms with E-state index in [2.05, 4.69) is 45.4 Å². The SMILES string of the molecule is COc1ccc2c(c1)COc1cc(F)c(OC)cc1C2=C1CCN(CC(C)(C)c2nnn[nH]2)CC1. The van der Waals surface area contributed by atoms with Crippen molar-refractivity contribution in [3.63, 3.8) is 0 Å². The zero-order valence-corrected chi connectivity index (χ0v) is 20.5. The van der Waals surface area contributed by atoms with Crippen LogP contribution in [0.25, 0.3) is 5.57 Å². The fourth-order valence-corrected chi connectivity index (χ4v) is 5.06. The summed E-state index contributed by atoms with van der Waals surface area (Å²) in [5.41, 5.74) is 5.21. The molecule has 3 heterocycles. The summed E-state index contributed by atoms with van der Waals surface area (Å²) in [6.07, 6.45) is 1.79. The summed E-state index contributed by atoms with van der Waals surface area (Å²) in [7, 11) is 3.14. The number of nitrogens with one attached hydrogen (secondary N) is 1. The molecule has 0 saturated carbocycles. The molecule has 35 heavy (non-hydrogen) atoms. The van der Waals surface area contributed by atoms with Gasteiger partial charge in [0.25, 0.3) is 0 Å². The summed E-state index contributed by atoms with van der Waals surface area (Å²) in [5.74, 6) is 1.86. The van der Waals surface area contributed by atoms with E-state index >= 15 is 0 Å². The van der Waals surface area contributed by atoms with Gasteiger partial charge in [-0.3, -0.25) is 0 Å². The molecular weight excluding hydrogens is 449 g/mol. The number of fused-ring (bicyclic) bond motifs is 2. The molecule has 1 saturated heterocycles. The molecule has 1 fully saturated rings. The second-order valence-electron chi connectivity index (χ2n) is 9.68. The van der Waals surface area contributed by atoms with Crippen LogP contribution in [0.5, 0.6) is 17.2 Å². The Morgan fingerprint density at radius 1 is 1.09 bits per heavy atom. The number of piperidine rings is 1. The van der Waals surface area contributed by atoms with Crippen LogP contribution in [0.15, 0.2) is 35.9 Å². The van der Waals surface area contributed by atoms with Crippen LogP contribution in [0.3, 0.4) is 0 Å². The first-order chi connectivity index (χ1) is 16.9. The summed E-state index contributed by atoms with van der Waals surface area (Å²) < 4.78 is 31.4. The Morgan fingerprint density at radius 2 is 1.89 bits per heavy atom. The van der Waals surface area contributed by atoms with Gasteiger partial charge in [0.05, 0.1) is 14.2 Å². The van der Waals surface area contributed by atoms with E-state index in [0.717, 1.165) is 66.3 Å². The van der Waals surface area contributed by atoms with Gasteiger partial charge in [-0.25, -0.2) is 9.49 Å². The largest absolute Gasteiger partial charge is 0.497 e. The molecular formula is C26H30FN5O3. The third-order valence-corrected chi connectivity index (χ3v) is 6.91. The van der Waals surface area contributed by atoms with Gasteiger partial charge < -0.3 is 19.1 Å². The minimum absolute atomic E-state index is 0.190. The number of likely N-dealkylation sites (tertiary alicyclic amines) is 1. The maximum atomic E-state index is 14.6. The highest BCUT2D eigenvalue weighted by Gasteiger charge is 2.31. The first-order valence-corrected chi connectivity index (χ1v) is 11.8. The summed E-state index contributed by atoms with van der Waals surface area (Å²) in [6, 6.07) is 9.24. The second kappa shape index (κ2) is 9.30. The lowest BCUT2D eigenvalue weighted by molar-refractivity contribution is 0.206. The summed E-state index contributed by atoms with van der Waals surface area (Å²) >= 11 is 0. The van der Waals surface area contributed by atoms with Crippen LogP contribution < -0.4 is 14.2 Å². The molecule has 0 unspecified atom stereocenters. The highest BCUT2D eigenvalue weighted by molar-refractivity contribution is 5.88. The topological polar surface area (TPSA) is 85.4 Å². The third kappa shape index (κ3) is 4.48. The van der Waals surface area contributed by atoms with Crippen LogP contribution in [0, 0.1) is 5.82 Å². The van der Waals surface area contributed by atoms with E-state index in [0.29, 0.717) is 12.4 Å². The lowest BCUT2D eigenvalue weighted by atomic mass is 9.85. The van der Waals surface area contributed by atoms with Crippen LogP contribution in [0.4, 0.5) is 4.39 Å². The Hall–Kier alpha value is -3.46. The molecule has 0 spiro atoms. The number of tetrazole rings is 1. The van der Waals surface area contributed by atoms with Gasteiger partial charge in [-0.05, 0) is 52.6 Å². The standard InChI is InChI=1S/C26H30FN5O3/c1-26(2,25-28-30-31-29-25)15-32-9-7-16(8-10-32)24-19-6-5-18(33-3)11-17(19)14-35-22-13-21(27)23(34-4)12-20(22)24/h5-6,11-13H,7-10,14-15H2,1-4H3,(H,28,29,30,31). The van der Waals surface area contributed by atoms with Gasteiger partial charge in [-0.2, -0.15) is 0 Å². The summed E-state index contributed by atoms with van der Waals surface area (Å²) in [6.45, 7) is 7.29. The molecule has 2 aliphatic rings. The number of H-pyrrole nitrogens is 1. The van der Waals surface area contributed by atoms with E-state index in [1.807, 2.05) is 12.1 Å². The lowest BCUT2D eigenvalue weighted by Crippen LogP contribution is -2.41. The van der Waals surface area contributed by atoms with Crippen molar-refractivity contribution < 1.29 is 18.6 Å². The van der Waals surface area contributed by atoms with Crippen molar-refractivity contribution in [3.8, 4) is 17.2 Å². The van der Waals surface area contributed by atoms with Crippen molar-refractivity contribution in [3.05, 3.63) is 64.2 Å². The number of hydrogen-bond acceptors (Lipinski definition) is 7. The predicted molar refractivity (Wildman–Crippen MR) is 129 cm³/mol. The number of methoxy groups -OCH3 is 2. The molecule has 0 atom stereocenters. The number of nitrogens with zero attached hydrogens (tertiary/aromatic N) is 4. The Balaban J connectivity index is 1.51. The van der Waals surface area contributed by atoms with Crippen molar-refractivity contribution in [2.45, 2.75) is 38.7 Å². The van der Waals surface area contributed by atoms with E-state index in [1.54, 1.807) is 13.2 Å². The number of aromatic amines is 1. The molecule has 8 nitrogen and oxygen atoms in total. The molecule has 2 aliphatic heterocycles. The summed E-state index contributed by atoms with van der Waals surface area (Å²) in [4.78, 5) is 2.45. The minimum Gasteiger partial charge on any atom is -0.497 e. The van der Waals surface area contributed by atoms with Gasteiger partial charge in [-0.1, -0.05) is 25.5 Å². The van der Waals surface area contributed by atoms with Gasteiger partial charge >= 0.3 is 0 Å². The molecule has 3 aromatic rings. The molecule has 9 heteroatoms. The van der Waals surface area contributed by atoms with Gasteiger partial charge in [-0.15, -0.1) is 5.10 Å². The van der Waals surface area contributed by atoms with Gasteiger partial charge in [0.1, 0.15) is 18.1 Å². The van der Waals surface area contributed by atoms with Crippen molar-refractivity contribution in [1.82, 2.24) is 25.5 Å². The lowest BCUT2D eigenvalue weighted by Gasteiger charge is -2.35.